The molecule has 0 amide bonds. The van der Waals surface area contributed by atoms with Crippen LogP contribution in [0.15, 0.2) is 229 Å². The first-order valence-electron chi connectivity index (χ1n) is 19.8. The van der Waals surface area contributed by atoms with Crippen LogP contribution in [0.25, 0.3) is 88.0 Å². The molecule has 0 atom stereocenters. The van der Waals surface area contributed by atoms with Crippen LogP contribution in [0.3, 0.4) is 0 Å². The van der Waals surface area contributed by atoms with Crippen LogP contribution < -0.4 is 4.90 Å². The topological polar surface area (TPSA) is 16.4 Å². The first kappa shape index (κ1) is 33.6. The second kappa shape index (κ2) is 14.1. The summed E-state index contributed by atoms with van der Waals surface area (Å²) in [5.74, 6) is 0. The van der Waals surface area contributed by atoms with E-state index in [1.807, 2.05) is 0 Å². The lowest BCUT2D eigenvalue weighted by atomic mass is 9.94. The predicted octanol–water partition coefficient (Wildman–Crippen LogP) is 16.0. The maximum absolute atomic E-state index is 6.54. The molecule has 0 saturated carbocycles. The maximum atomic E-state index is 6.54. The van der Waals surface area contributed by atoms with Gasteiger partial charge in [-0.05, 0) is 103 Å². The fourth-order valence-corrected chi connectivity index (χ4v) is 8.69. The standard InChI is InChI=1S/C56H37NO/c1-2-12-38(13-3-1)40-28-33-45(34-29-40)57(46-35-30-41(31-36-46)39-24-26-44(27-25-39)48-20-10-16-42-14-4-6-17-47(42)48)52-22-9-8-19-50(52)51-21-11-23-53-56(51)55-49-18-7-5-15-43(49)32-37-54(55)58-53/h1-37H. The first-order valence-corrected chi connectivity index (χ1v) is 19.8. The van der Waals surface area contributed by atoms with Gasteiger partial charge in [-0.1, -0.05) is 182 Å². The molecule has 10 aromatic carbocycles. The van der Waals surface area contributed by atoms with E-state index in [4.69, 9.17) is 4.42 Å². The molecular formula is C56H37NO. The molecule has 58 heavy (non-hydrogen) atoms. The molecule has 0 aliphatic carbocycles. The highest BCUT2D eigenvalue weighted by molar-refractivity contribution is 6.23. The molecule has 11 aromatic rings. The Morgan fingerprint density at radius 3 is 1.48 bits per heavy atom. The average Bonchev–Trinajstić information content (AvgIpc) is 3.70. The normalized spacial score (nSPS) is 11.4. The minimum Gasteiger partial charge on any atom is -0.456 e. The fraction of sp³-hybridized carbons (Fsp3) is 0. The van der Waals surface area contributed by atoms with Crippen molar-refractivity contribution in [3.05, 3.63) is 224 Å². The number of fused-ring (bicyclic) bond motifs is 6. The summed E-state index contributed by atoms with van der Waals surface area (Å²) in [5, 5.41) is 7.19. The molecule has 0 unspecified atom stereocenters. The van der Waals surface area contributed by atoms with Gasteiger partial charge in [0, 0.05) is 27.7 Å². The molecular weight excluding hydrogens is 703 g/mol. The van der Waals surface area contributed by atoms with E-state index in [0.29, 0.717) is 0 Å². The lowest BCUT2D eigenvalue weighted by Gasteiger charge is -2.28. The van der Waals surface area contributed by atoms with Gasteiger partial charge in [-0.15, -0.1) is 0 Å². The van der Waals surface area contributed by atoms with E-state index in [2.05, 4.69) is 229 Å². The lowest BCUT2D eigenvalue weighted by molar-refractivity contribution is 0.669. The Morgan fingerprint density at radius 2 is 0.759 bits per heavy atom. The smallest absolute Gasteiger partial charge is 0.136 e. The van der Waals surface area contributed by atoms with Gasteiger partial charge in [0.05, 0.1) is 5.69 Å². The highest BCUT2D eigenvalue weighted by Crippen LogP contribution is 2.46. The molecule has 1 aromatic heterocycles. The molecule has 2 nitrogen and oxygen atoms in total. The zero-order valence-corrected chi connectivity index (χ0v) is 31.7. The monoisotopic (exact) mass is 739 g/mol. The number of hydrogen-bond acceptors (Lipinski definition) is 2. The van der Waals surface area contributed by atoms with Crippen LogP contribution >= 0.6 is 0 Å². The van der Waals surface area contributed by atoms with Crippen LogP contribution in [0.4, 0.5) is 17.1 Å². The van der Waals surface area contributed by atoms with Gasteiger partial charge >= 0.3 is 0 Å². The van der Waals surface area contributed by atoms with Crippen molar-refractivity contribution in [1.29, 1.82) is 0 Å². The summed E-state index contributed by atoms with van der Waals surface area (Å²) in [6.07, 6.45) is 0. The van der Waals surface area contributed by atoms with Crippen molar-refractivity contribution in [3.8, 4) is 44.5 Å². The van der Waals surface area contributed by atoms with E-state index in [-0.39, 0.29) is 0 Å². The molecule has 0 fully saturated rings. The first-order chi connectivity index (χ1) is 28.8. The second-order valence-corrected chi connectivity index (χ2v) is 14.9. The van der Waals surface area contributed by atoms with Gasteiger partial charge in [0.1, 0.15) is 11.2 Å². The summed E-state index contributed by atoms with van der Waals surface area (Å²) in [4.78, 5) is 2.39. The van der Waals surface area contributed by atoms with Gasteiger partial charge in [0.15, 0.2) is 0 Å². The summed E-state index contributed by atoms with van der Waals surface area (Å²) >= 11 is 0. The Kier molecular flexibility index (Phi) is 8.19. The summed E-state index contributed by atoms with van der Waals surface area (Å²) < 4.78 is 6.54. The SMILES string of the molecule is c1ccc(-c2ccc(N(c3ccc(-c4ccc(-c5cccc6ccccc56)cc4)cc3)c3ccccc3-c3cccc4oc5ccc6ccccc6c5c34)cc2)cc1. The zero-order chi connectivity index (χ0) is 38.4. The molecule has 0 aliphatic heterocycles. The van der Waals surface area contributed by atoms with Gasteiger partial charge in [0.25, 0.3) is 0 Å². The fourth-order valence-electron chi connectivity index (χ4n) is 8.69. The van der Waals surface area contributed by atoms with Crippen molar-refractivity contribution >= 4 is 60.5 Å². The molecule has 0 spiro atoms. The van der Waals surface area contributed by atoms with Crippen LogP contribution in [0, 0.1) is 0 Å². The van der Waals surface area contributed by atoms with Crippen LogP contribution in [0.5, 0.6) is 0 Å². The van der Waals surface area contributed by atoms with Gasteiger partial charge in [-0.2, -0.15) is 0 Å². The molecule has 0 saturated heterocycles. The van der Waals surface area contributed by atoms with Crippen molar-refractivity contribution in [3.63, 3.8) is 0 Å². The van der Waals surface area contributed by atoms with Gasteiger partial charge in [-0.25, -0.2) is 0 Å². The molecule has 2 heteroatoms. The minimum atomic E-state index is 0.883. The summed E-state index contributed by atoms with van der Waals surface area (Å²) in [6.45, 7) is 0. The average molecular weight is 740 g/mol. The molecule has 0 bridgehead atoms. The highest BCUT2D eigenvalue weighted by atomic mass is 16.3. The summed E-state index contributed by atoms with van der Waals surface area (Å²) in [6, 6.07) is 80.6. The van der Waals surface area contributed by atoms with Crippen LogP contribution in [-0.4, -0.2) is 0 Å². The van der Waals surface area contributed by atoms with E-state index in [9.17, 15) is 0 Å². The third-order valence-electron chi connectivity index (χ3n) is 11.5. The van der Waals surface area contributed by atoms with E-state index in [1.54, 1.807) is 0 Å². The number of anilines is 3. The number of para-hydroxylation sites is 1. The van der Waals surface area contributed by atoms with E-state index >= 15 is 0 Å². The summed E-state index contributed by atoms with van der Waals surface area (Å²) in [5.41, 5.74) is 14.5. The van der Waals surface area contributed by atoms with Crippen molar-refractivity contribution in [2.75, 3.05) is 4.90 Å². The third kappa shape index (κ3) is 5.82. The quantitative estimate of drug-likeness (QED) is 0.162. The van der Waals surface area contributed by atoms with Gasteiger partial charge in [0.2, 0.25) is 0 Å². The Balaban J connectivity index is 1.03. The maximum Gasteiger partial charge on any atom is 0.136 e. The lowest BCUT2D eigenvalue weighted by Crippen LogP contribution is -2.11. The van der Waals surface area contributed by atoms with Crippen molar-refractivity contribution in [2.24, 2.45) is 0 Å². The van der Waals surface area contributed by atoms with E-state index in [1.165, 1.54) is 54.9 Å². The van der Waals surface area contributed by atoms with Crippen LogP contribution in [0.1, 0.15) is 0 Å². The molecule has 0 radical (unpaired) electrons. The highest BCUT2D eigenvalue weighted by Gasteiger charge is 2.21. The Labute approximate surface area is 337 Å². The number of furan rings is 1. The number of nitrogens with zero attached hydrogens (tertiary/aromatic N) is 1. The molecule has 11 rings (SSSR count). The van der Waals surface area contributed by atoms with Crippen LogP contribution in [-0.2, 0) is 0 Å². The van der Waals surface area contributed by atoms with Crippen molar-refractivity contribution in [2.45, 2.75) is 0 Å². The predicted molar refractivity (Wildman–Crippen MR) is 245 cm³/mol. The summed E-state index contributed by atoms with van der Waals surface area (Å²) in [7, 11) is 0. The van der Waals surface area contributed by atoms with Crippen molar-refractivity contribution < 1.29 is 4.42 Å². The number of benzene rings is 10. The second-order valence-electron chi connectivity index (χ2n) is 14.9. The third-order valence-corrected chi connectivity index (χ3v) is 11.5. The van der Waals surface area contributed by atoms with E-state index < -0.39 is 0 Å². The zero-order valence-electron chi connectivity index (χ0n) is 31.7. The Morgan fingerprint density at radius 1 is 0.276 bits per heavy atom. The largest absolute Gasteiger partial charge is 0.456 e. The van der Waals surface area contributed by atoms with Gasteiger partial charge < -0.3 is 9.32 Å². The molecule has 272 valence electrons. The molecule has 0 N–H and O–H groups in total. The van der Waals surface area contributed by atoms with E-state index in [0.717, 1.165) is 50.1 Å². The van der Waals surface area contributed by atoms with Crippen molar-refractivity contribution in [1.82, 2.24) is 0 Å². The molecule has 0 aliphatic rings. The number of rotatable bonds is 7. The minimum absolute atomic E-state index is 0.883. The van der Waals surface area contributed by atoms with Gasteiger partial charge in [-0.3, -0.25) is 0 Å². The van der Waals surface area contributed by atoms with Crippen LogP contribution in [0.2, 0.25) is 0 Å². The Hall–Kier alpha value is -7.68. The number of hydrogen-bond donors (Lipinski definition) is 0. The molecule has 1 heterocycles. The Bertz CT molecular complexity index is 3250.